The molecule has 1 saturated heterocycles. The molecule has 1 unspecified atom stereocenters. The van der Waals surface area contributed by atoms with Crippen molar-refractivity contribution in [3.63, 3.8) is 0 Å². The fraction of sp³-hybridized carbons (Fsp3) is 0.900. The van der Waals surface area contributed by atoms with Gasteiger partial charge in [0.1, 0.15) is 0 Å². The van der Waals surface area contributed by atoms with E-state index in [1.165, 1.54) is 0 Å². The van der Waals surface area contributed by atoms with E-state index >= 15 is 0 Å². The zero-order valence-corrected chi connectivity index (χ0v) is 8.49. The highest BCUT2D eigenvalue weighted by Crippen LogP contribution is 2.31. The predicted octanol–water partition coefficient (Wildman–Crippen LogP) is 0.559. The van der Waals surface area contributed by atoms with Gasteiger partial charge in [0.15, 0.2) is 0 Å². The Morgan fingerprint density at radius 3 is 2.54 bits per heavy atom. The minimum absolute atomic E-state index is 0.385. The second-order valence-electron chi connectivity index (χ2n) is 4.39. The van der Waals surface area contributed by atoms with Crippen LogP contribution >= 0.6 is 0 Å². The van der Waals surface area contributed by atoms with Gasteiger partial charge < -0.3 is 9.80 Å². The van der Waals surface area contributed by atoms with E-state index in [1.54, 1.807) is 0 Å². The van der Waals surface area contributed by atoms with Crippen LogP contribution in [0.2, 0.25) is 0 Å². The van der Waals surface area contributed by atoms with Gasteiger partial charge in [0.25, 0.3) is 0 Å². The molecular weight excluding hydrogens is 164 g/mol. The van der Waals surface area contributed by atoms with E-state index in [0.29, 0.717) is 17.9 Å². The molecule has 0 aromatic rings. The van der Waals surface area contributed by atoms with Gasteiger partial charge in [-0.2, -0.15) is 0 Å². The fourth-order valence-electron chi connectivity index (χ4n) is 1.84. The molecule has 2 fully saturated rings. The molecule has 0 N–H and O–H groups in total. The molecule has 1 heterocycles. The van der Waals surface area contributed by atoms with Crippen LogP contribution in [0.3, 0.4) is 0 Å². The van der Waals surface area contributed by atoms with E-state index in [-0.39, 0.29) is 0 Å². The zero-order chi connectivity index (χ0) is 9.42. The van der Waals surface area contributed by atoms with Crippen molar-refractivity contribution >= 4 is 5.91 Å². The maximum absolute atomic E-state index is 11.7. The molecular formula is C10H18N2O. The van der Waals surface area contributed by atoms with Crippen LogP contribution in [-0.4, -0.2) is 48.4 Å². The Morgan fingerprint density at radius 1 is 1.31 bits per heavy atom. The Morgan fingerprint density at radius 2 is 2.00 bits per heavy atom. The number of nitrogens with zero attached hydrogens (tertiary/aromatic N) is 2. The standard InChI is InChI=1S/C10H18N2O/c1-8-7-12(6-5-11(8)2)10(13)9-3-4-9/h8-9H,3-7H2,1-2H3. The first-order valence-electron chi connectivity index (χ1n) is 5.17. The topological polar surface area (TPSA) is 23.6 Å². The van der Waals surface area contributed by atoms with E-state index in [9.17, 15) is 4.79 Å². The second-order valence-corrected chi connectivity index (χ2v) is 4.39. The van der Waals surface area contributed by atoms with Crippen molar-refractivity contribution < 1.29 is 4.79 Å². The molecule has 0 aromatic carbocycles. The van der Waals surface area contributed by atoms with E-state index < -0.39 is 0 Å². The number of rotatable bonds is 1. The molecule has 74 valence electrons. The summed E-state index contributed by atoms with van der Waals surface area (Å²) in [4.78, 5) is 16.1. The lowest BCUT2D eigenvalue weighted by Crippen LogP contribution is -2.52. The lowest BCUT2D eigenvalue weighted by atomic mass is 10.2. The van der Waals surface area contributed by atoms with Gasteiger partial charge in [0.05, 0.1) is 0 Å². The number of amides is 1. The van der Waals surface area contributed by atoms with Crippen molar-refractivity contribution in [2.45, 2.75) is 25.8 Å². The van der Waals surface area contributed by atoms with Crippen LogP contribution in [0.1, 0.15) is 19.8 Å². The summed E-state index contributed by atoms with van der Waals surface area (Å²) in [6.07, 6.45) is 2.25. The normalized spacial score (nSPS) is 30.6. The van der Waals surface area contributed by atoms with Crippen LogP contribution < -0.4 is 0 Å². The van der Waals surface area contributed by atoms with E-state index in [2.05, 4.69) is 18.9 Å². The summed E-state index contributed by atoms with van der Waals surface area (Å²) in [5, 5.41) is 0. The van der Waals surface area contributed by atoms with Crippen molar-refractivity contribution in [1.82, 2.24) is 9.80 Å². The van der Waals surface area contributed by atoms with Crippen LogP contribution in [0.25, 0.3) is 0 Å². The highest BCUT2D eigenvalue weighted by molar-refractivity contribution is 5.81. The van der Waals surface area contributed by atoms with Crippen molar-refractivity contribution in [3.8, 4) is 0 Å². The number of hydrogen-bond acceptors (Lipinski definition) is 2. The van der Waals surface area contributed by atoms with Gasteiger partial charge in [-0.3, -0.25) is 4.79 Å². The molecule has 1 atom stereocenters. The van der Waals surface area contributed by atoms with Gasteiger partial charge in [-0.25, -0.2) is 0 Å². The maximum atomic E-state index is 11.7. The molecule has 3 nitrogen and oxygen atoms in total. The van der Waals surface area contributed by atoms with Gasteiger partial charge in [-0.05, 0) is 26.8 Å². The Bertz CT molecular complexity index is 213. The molecule has 1 amide bonds. The quantitative estimate of drug-likeness (QED) is 0.591. The Kier molecular flexibility index (Phi) is 2.28. The summed E-state index contributed by atoms with van der Waals surface area (Å²) >= 11 is 0. The molecule has 2 rings (SSSR count). The summed E-state index contributed by atoms with van der Waals surface area (Å²) in [6.45, 7) is 5.06. The largest absolute Gasteiger partial charge is 0.340 e. The molecule has 3 heteroatoms. The number of carbonyl (C=O) groups is 1. The van der Waals surface area contributed by atoms with Crippen LogP contribution in [0.4, 0.5) is 0 Å². The fourth-order valence-corrected chi connectivity index (χ4v) is 1.84. The number of likely N-dealkylation sites (N-methyl/N-ethyl adjacent to an activating group) is 1. The van der Waals surface area contributed by atoms with Crippen molar-refractivity contribution in [3.05, 3.63) is 0 Å². The van der Waals surface area contributed by atoms with Gasteiger partial charge >= 0.3 is 0 Å². The number of piperazine rings is 1. The Labute approximate surface area is 79.7 Å². The predicted molar refractivity (Wildman–Crippen MR) is 51.4 cm³/mol. The minimum Gasteiger partial charge on any atom is -0.340 e. The first kappa shape index (κ1) is 9.00. The summed E-state index contributed by atoms with van der Waals surface area (Å²) in [7, 11) is 2.13. The lowest BCUT2D eigenvalue weighted by Gasteiger charge is -2.37. The molecule has 0 spiro atoms. The third-order valence-corrected chi connectivity index (χ3v) is 3.20. The highest BCUT2D eigenvalue weighted by atomic mass is 16.2. The Hall–Kier alpha value is -0.570. The average molecular weight is 182 g/mol. The van der Waals surface area contributed by atoms with E-state index in [1.807, 2.05) is 4.90 Å². The van der Waals surface area contributed by atoms with Crippen LogP contribution in [0, 0.1) is 5.92 Å². The molecule has 1 aliphatic heterocycles. The van der Waals surface area contributed by atoms with Gasteiger partial charge in [-0.15, -0.1) is 0 Å². The summed E-state index contributed by atoms with van der Waals surface area (Å²) in [5.41, 5.74) is 0. The summed E-state index contributed by atoms with van der Waals surface area (Å²) < 4.78 is 0. The number of carbonyl (C=O) groups excluding carboxylic acids is 1. The van der Waals surface area contributed by atoms with E-state index in [0.717, 1.165) is 32.5 Å². The third kappa shape index (κ3) is 1.85. The molecule has 0 aromatic heterocycles. The summed E-state index contributed by atoms with van der Waals surface area (Å²) in [6, 6.07) is 0.524. The first-order chi connectivity index (χ1) is 6.18. The molecule has 0 radical (unpaired) electrons. The maximum Gasteiger partial charge on any atom is 0.225 e. The van der Waals surface area contributed by atoms with Crippen LogP contribution in [-0.2, 0) is 4.79 Å². The van der Waals surface area contributed by atoms with Crippen LogP contribution in [0.15, 0.2) is 0 Å². The molecule has 1 aliphatic carbocycles. The Balaban J connectivity index is 1.90. The van der Waals surface area contributed by atoms with Gasteiger partial charge in [0, 0.05) is 31.6 Å². The van der Waals surface area contributed by atoms with Gasteiger partial charge in [-0.1, -0.05) is 0 Å². The van der Waals surface area contributed by atoms with Gasteiger partial charge in [0.2, 0.25) is 5.91 Å². The van der Waals surface area contributed by atoms with Crippen molar-refractivity contribution in [1.29, 1.82) is 0 Å². The number of hydrogen-bond donors (Lipinski definition) is 0. The SMILES string of the molecule is CC1CN(C(=O)C2CC2)CCN1C. The van der Waals surface area contributed by atoms with E-state index in [4.69, 9.17) is 0 Å². The molecule has 0 bridgehead atoms. The molecule has 1 saturated carbocycles. The minimum atomic E-state index is 0.385. The first-order valence-corrected chi connectivity index (χ1v) is 5.17. The summed E-state index contributed by atoms with van der Waals surface area (Å²) in [5.74, 6) is 0.788. The lowest BCUT2D eigenvalue weighted by molar-refractivity contribution is -0.135. The third-order valence-electron chi connectivity index (χ3n) is 3.20. The smallest absolute Gasteiger partial charge is 0.225 e. The molecule has 2 aliphatic rings. The molecule has 13 heavy (non-hydrogen) atoms. The van der Waals surface area contributed by atoms with Crippen molar-refractivity contribution in [2.75, 3.05) is 26.7 Å². The monoisotopic (exact) mass is 182 g/mol. The second kappa shape index (κ2) is 3.29. The van der Waals surface area contributed by atoms with Crippen LogP contribution in [0.5, 0.6) is 0 Å². The average Bonchev–Trinajstić information content (AvgIpc) is 2.91. The zero-order valence-electron chi connectivity index (χ0n) is 8.49. The van der Waals surface area contributed by atoms with Crippen molar-refractivity contribution in [2.24, 2.45) is 5.92 Å². The highest BCUT2D eigenvalue weighted by Gasteiger charge is 2.35.